The molecule has 0 saturated heterocycles. The Balaban J connectivity index is 1.64. The highest BCUT2D eigenvalue weighted by Crippen LogP contribution is 2.27. The third kappa shape index (κ3) is 3.60. The summed E-state index contributed by atoms with van der Waals surface area (Å²) in [6.07, 6.45) is 0.354. The molecular weight excluding hydrogens is 352 g/mol. The summed E-state index contributed by atoms with van der Waals surface area (Å²) >= 11 is 0. The Bertz CT molecular complexity index is 1210. The minimum atomic E-state index is -0.361. The van der Waals surface area contributed by atoms with Crippen molar-refractivity contribution in [2.24, 2.45) is 0 Å². The van der Waals surface area contributed by atoms with E-state index in [-0.39, 0.29) is 11.5 Å². The van der Waals surface area contributed by atoms with E-state index in [4.69, 9.17) is 4.42 Å². The highest BCUT2D eigenvalue weighted by atomic mass is 16.4. The van der Waals surface area contributed by atoms with Crippen LogP contribution < -0.4 is 16.3 Å². The summed E-state index contributed by atoms with van der Waals surface area (Å²) in [5.74, 6) is -0.0185. The SMILES string of the molecule is CNC(=O)Cc1ccc(NCc2cc(=O)oc3ccc4ccccc4c23)cc1. The van der Waals surface area contributed by atoms with E-state index in [1.54, 1.807) is 13.1 Å². The second-order valence-corrected chi connectivity index (χ2v) is 6.65. The van der Waals surface area contributed by atoms with Crippen LogP contribution in [0.5, 0.6) is 0 Å². The van der Waals surface area contributed by atoms with Gasteiger partial charge in [-0.2, -0.15) is 0 Å². The van der Waals surface area contributed by atoms with Gasteiger partial charge in [-0.15, -0.1) is 0 Å². The molecule has 5 nitrogen and oxygen atoms in total. The van der Waals surface area contributed by atoms with Crippen molar-refractivity contribution in [3.63, 3.8) is 0 Å². The van der Waals surface area contributed by atoms with Crippen LogP contribution in [0.25, 0.3) is 21.7 Å². The molecule has 0 aliphatic rings. The van der Waals surface area contributed by atoms with Crippen molar-refractivity contribution in [3.05, 3.63) is 88.3 Å². The molecule has 0 atom stereocenters. The first-order valence-corrected chi connectivity index (χ1v) is 9.12. The molecule has 0 unspecified atom stereocenters. The highest BCUT2D eigenvalue weighted by molar-refractivity contribution is 6.07. The van der Waals surface area contributed by atoms with Gasteiger partial charge >= 0.3 is 5.63 Å². The van der Waals surface area contributed by atoms with Gasteiger partial charge in [0.2, 0.25) is 5.91 Å². The summed E-state index contributed by atoms with van der Waals surface area (Å²) in [4.78, 5) is 23.5. The quantitative estimate of drug-likeness (QED) is 0.412. The van der Waals surface area contributed by atoms with E-state index in [1.807, 2.05) is 60.7 Å². The van der Waals surface area contributed by atoms with Gasteiger partial charge in [0.1, 0.15) is 5.58 Å². The zero-order chi connectivity index (χ0) is 19.5. The van der Waals surface area contributed by atoms with Crippen molar-refractivity contribution in [1.82, 2.24) is 5.32 Å². The predicted molar refractivity (Wildman–Crippen MR) is 112 cm³/mol. The van der Waals surface area contributed by atoms with Crippen molar-refractivity contribution < 1.29 is 9.21 Å². The van der Waals surface area contributed by atoms with Crippen molar-refractivity contribution in [2.75, 3.05) is 12.4 Å². The molecule has 28 heavy (non-hydrogen) atoms. The van der Waals surface area contributed by atoms with Crippen LogP contribution in [0.1, 0.15) is 11.1 Å². The van der Waals surface area contributed by atoms with Gasteiger partial charge in [0.15, 0.2) is 0 Å². The van der Waals surface area contributed by atoms with Crippen LogP contribution in [0, 0.1) is 0 Å². The number of hydrogen-bond donors (Lipinski definition) is 2. The largest absolute Gasteiger partial charge is 0.423 e. The van der Waals surface area contributed by atoms with E-state index in [1.165, 1.54) is 0 Å². The first-order valence-electron chi connectivity index (χ1n) is 9.12. The molecule has 0 bridgehead atoms. The molecule has 140 valence electrons. The molecule has 1 amide bonds. The van der Waals surface area contributed by atoms with Crippen LogP contribution in [0.4, 0.5) is 5.69 Å². The molecule has 5 heteroatoms. The van der Waals surface area contributed by atoms with E-state index < -0.39 is 0 Å². The third-order valence-electron chi connectivity index (χ3n) is 4.79. The number of fused-ring (bicyclic) bond motifs is 3. The number of hydrogen-bond acceptors (Lipinski definition) is 4. The topological polar surface area (TPSA) is 71.3 Å². The molecule has 0 fully saturated rings. The molecule has 0 aliphatic carbocycles. The first-order chi connectivity index (χ1) is 13.6. The maximum Gasteiger partial charge on any atom is 0.336 e. The van der Waals surface area contributed by atoms with E-state index >= 15 is 0 Å². The van der Waals surface area contributed by atoms with Gasteiger partial charge in [-0.1, -0.05) is 42.5 Å². The van der Waals surface area contributed by atoms with E-state index in [0.717, 1.165) is 33.0 Å². The van der Waals surface area contributed by atoms with E-state index in [2.05, 4.69) is 10.6 Å². The van der Waals surface area contributed by atoms with Crippen LogP contribution in [0.2, 0.25) is 0 Å². The van der Waals surface area contributed by atoms with Crippen molar-refractivity contribution >= 4 is 33.3 Å². The number of benzene rings is 3. The Labute approximate surface area is 162 Å². The number of rotatable bonds is 5. The number of carbonyl (C=O) groups excluding carboxylic acids is 1. The molecule has 0 aliphatic heterocycles. The number of carbonyl (C=O) groups is 1. The smallest absolute Gasteiger partial charge is 0.336 e. The van der Waals surface area contributed by atoms with Crippen molar-refractivity contribution in [2.45, 2.75) is 13.0 Å². The number of anilines is 1. The van der Waals surface area contributed by atoms with Crippen LogP contribution in [-0.4, -0.2) is 13.0 Å². The Morgan fingerprint density at radius 1 is 1.00 bits per heavy atom. The molecule has 4 aromatic rings. The van der Waals surface area contributed by atoms with Gasteiger partial charge in [-0.3, -0.25) is 4.79 Å². The number of nitrogens with one attached hydrogen (secondary N) is 2. The Morgan fingerprint density at radius 3 is 2.57 bits per heavy atom. The average Bonchev–Trinajstić information content (AvgIpc) is 2.72. The summed E-state index contributed by atoms with van der Waals surface area (Å²) in [5, 5.41) is 9.08. The lowest BCUT2D eigenvalue weighted by Gasteiger charge is -2.11. The Hall–Kier alpha value is -3.60. The molecule has 4 rings (SSSR count). The van der Waals surface area contributed by atoms with Gasteiger partial charge < -0.3 is 15.1 Å². The fourth-order valence-corrected chi connectivity index (χ4v) is 3.37. The van der Waals surface area contributed by atoms with Crippen LogP contribution in [0.15, 0.2) is 75.9 Å². The van der Waals surface area contributed by atoms with Gasteiger partial charge in [0, 0.05) is 30.7 Å². The summed E-state index contributed by atoms with van der Waals surface area (Å²) in [6.45, 7) is 0.491. The van der Waals surface area contributed by atoms with Gasteiger partial charge in [0.05, 0.1) is 6.42 Å². The van der Waals surface area contributed by atoms with Crippen molar-refractivity contribution in [1.29, 1.82) is 0 Å². The average molecular weight is 372 g/mol. The molecule has 2 N–H and O–H groups in total. The minimum absolute atomic E-state index is 0.0185. The Kier molecular flexibility index (Phi) is 4.81. The minimum Gasteiger partial charge on any atom is -0.423 e. The zero-order valence-electron chi connectivity index (χ0n) is 15.5. The Morgan fingerprint density at radius 2 is 1.79 bits per heavy atom. The second-order valence-electron chi connectivity index (χ2n) is 6.65. The van der Waals surface area contributed by atoms with Crippen LogP contribution >= 0.6 is 0 Å². The van der Waals surface area contributed by atoms with Gasteiger partial charge in [-0.05, 0) is 40.1 Å². The summed E-state index contributed by atoms with van der Waals surface area (Å²) in [7, 11) is 1.63. The first kappa shape index (κ1) is 17.8. The van der Waals surface area contributed by atoms with E-state index in [0.29, 0.717) is 18.5 Å². The third-order valence-corrected chi connectivity index (χ3v) is 4.79. The lowest BCUT2D eigenvalue weighted by molar-refractivity contribution is -0.119. The number of amides is 1. The molecular formula is C23H20N2O3. The standard InChI is InChI=1S/C23H20N2O3/c1-24-21(26)12-15-6-9-18(10-7-15)25-14-17-13-22(27)28-20-11-8-16-4-2-3-5-19(16)23(17)20/h2-11,13,25H,12,14H2,1H3,(H,24,26). The monoisotopic (exact) mass is 372 g/mol. The van der Waals surface area contributed by atoms with Crippen LogP contribution in [0.3, 0.4) is 0 Å². The fourth-order valence-electron chi connectivity index (χ4n) is 3.37. The highest BCUT2D eigenvalue weighted by Gasteiger charge is 2.09. The maximum atomic E-state index is 12.0. The van der Waals surface area contributed by atoms with Crippen molar-refractivity contribution in [3.8, 4) is 0 Å². The van der Waals surface area contributed by atoms with E-state index in [9.17, 15) is 9.59 Å². The predicted octanol–water partition coefficient (Wildman–Crippen LogP) is 3.85. The molecule has 0 radical (unpaired) electrons. The molecule has 1 aromatic heterocycles. The summed E-state index contributed by atoms with van der Waals surface area (Å²) in [6, 6.07) is 21.1. The normalized spacial score (nSPS) is 10.9. The van der Waals surface area contributed by atoms with Gasteiger partial charge in [0.25, 0.3) is 0 Å². The lowest BCUT2D eigenvalue weighted by atomic mass is 10.0. The van der Waals surface area contributed by atoms with Gasteiger partial charge in [-0.25, -0.2) is 4.79 Å². The molecule has 1 heterocycles. The maximum absolute atomic E-state index is 12.0. The molecule has 0 spiro atoms. The lowest BCUT2D eigenvalue weighted by Crippen LogP contribution is -2.19. The second kappa shape index (κ2) is 7.56. The van der Waals surface area contributed by atoms with Crippen LogP contribution in [-0.2, 0) is 17.8 Å². The zero-order valence-corrected chi connectivity index (χ0v) is 15.5. The molecule has 0 saturated carbocycles. The fraction of sp³-hybridized carbons (Fsp3) is 0.130. The summed E-state index contributed by atoms with van der Waals surface area (Å²) < 4.78 is 5.40. The number of likely N-dealkylation sites (N-methyl/N-ethyl adjacent to an activating group) is 1. The molecule has 3 aromatic carbocycles. The summed E-state index contributed by atoms with van der Waals surface area (Å²) in [5.41, 5.74) is 2.98.